The van der Waals surface area contributed by atoms with Crippen molar-refractivity contribution in [1.29, 1.82) is 0 Å². The number of hydrogen-bond acceptors (Lipinski definition) is 5. The van der Waals surface area contributed by atoms with Crippen LogP contribution in [-0.4, -0.2) is 23.0 Å². The van der Waals surface area contributed by atoms with Crippen LogP contribution in [0.25, 0.3) is 11.5 Å². The highest BCUT2D eigenvalue weighted by Crippen LogP contribution is 2.30. The zero-order valence-corrected chi connectivity index (χ0v) is 13.2. The Hall–Kier alpha value is -2.66. The normalized spacial score (nSPS) is 11.0. The molecule has 0 atom stereocenters. The van der Waals surface area contributed by atoms with E-state index >= 15 is 0 Å². The Morgan fingerprint density at radius 1 is 1.13 bits per heavy atom. The molecule has 23 heavy (non-hydrogen) atoms. The van der Waals surface area contributed by atoms with E-state index in [4.69, 9.17) is 20.8 Å². The van der Waals surface area contributed by atoms with Crippen LogP contribution < -0.4 is 4.74 Å². The van der Waals surface area contributed by atoms with Crippen molar-refractivity contribution in [3.8, 4) is 17.2 Å². The number of aliphatic imine (C=N–C) groups is 1. The molecule has 0 saturated carbocycles. The van der Waals surface area contributed by atoms with E-state index in [-0.39, 0.29) is 6.01 Å². The van der Waals surface area contributed by atoms with Crippen molar-refractivity contribution in [3.05, 3.63) is 59.1 Å². The Morgan fingerprint density at radius 3 is 2.70 bits per heavy atom. The number of ether oxygens (including phenoxy) is 1. The molecule has 0 spiro atoms. The summed E-state index contributed by atoms with van der Waals surface area (Å²) in [5, 5.41) is 8.63. The van der Waals surface area contributed by atoms with E-state index in [0.717, 1.165) is 11.1 Å². The van der Waals surface area contributed by atoms with E-state index < -0.39 is 0 Å². The van der Waals surface area contributed by atoms with Crippen molar-refractivity contribution in [3.63, 3.8) is 0 Å². The van der Waals surface area contributed by atoms with Gasteiger partial charge in [-0.25, -0.2) is 4.99 Å². The third-order valence-electron chi connectivity index (χ3n) is 3.03. The minimum Gasteiger partial charge on any atom is -0.493 e. The van der Waals surface area contributed by atoms with E-state index in [1.165, 1.54) is 0 Å². The van der Waals surface area contributed by atoms with Gasteiger partial charge < -0.3 is 9.15 Å². The summed E-state index contributed by atoms with van der Waals surface area (Å²) in [6.45, 7) is 2.49. The number of para-hydroxylation sites is 1. The van der Waals surface area contributed by atoms with Gasteiger partial charge in [-0.3, -0.25) is 0 Å². The van der Waals surface area contributed by atoms with Crippen LogP contribution in [0.2, 0.25) is 5.02 Å². The number of hydrogen-bond donors (Lipinski definition) is 0. The van der Waals surface area contributed by atoms with E-state index in [0.29, 0.717) is 23.3 Å². The zero-order chi connectivity index (χ0) is 16.1. The Bertz CT molecular complexity index is 813. The van der Waals surface area contributed by atoms with Crippen molar-refractivity contribution in [1.82, 2.24) is 10.2 Å². The highest BCUT2D eigenvalue weighted by Gasteiger charge is 2.12. The molecular weight excluding hydrogens is 314 g/mol. The molecule has 0 aliphatic carbocycles. The molecule has 3 aromatic rings. The average molecular weight is 328 g/mol. The average Bonchev–Trinajstić information content (AvgIpc) is 3.04. The maximum Gasteiger partial charge on any atom is 0.342 e. The minimum atomic E-state index is 0.182. The van der Waals surface area contributed by atoms with Crippen LogP contribution >= 0.6 is 11.6 Å². The van der Waals surface area contributed by atoms with Crippen LogP contribution in [0.5, 0.6) is 5.75 Å². The van der Waals surface area contributed by atoms with Crippen LogP contribution in [0.3, 0.4) is 0 Å². The summed E-state index contributed by atoms with van der Waals surface area (Å²) in [5.41, 5.74) is 1.64. The molecule has 0 aliphatic rings. The minimum absolute atomic E-state index is 0.182. The molecule has 0 unspecified atom stereocenters. The van der Waals surface area contributed by atoms with Crippen molar-refractivity contribution in [2.45, 2.75) is 6.92 Å². The molecule has 0 N–H and O–H groups in total. The lowest BCUT2D eigenvalue weighted by Gasteiger charge is -2.05. The maximum atomic E-state index is 5.84. The van der Waals surface area contributed by atoms with E-state index in [1.54, 1.807) is 18.3 Å². The van der Waals surface area contributed by atoms with Crippen LogP contribution in [0.4, 0.5) is 6.01 Å². The number of nitrogens with zero attached hydrogens (tertiary/aromatic N) is 3. The lowest BCUT2D eigenvalue weighted by atomic mass is 10.2. The van der Waals surface area contributed by atoms with Gasteiger partial charge in [-0.05, 0) is 36.8 Å². The first kappa shape index (κ1) is 15.2. The van der Waals surface area contributed by atoms with Gasteiger partial charge in [0.15, 0.2) is 0 Å². The van der Waals surface area contributed by atoms with Gasteiger partial charge in [0, 0.05) is 11.2 Å². The van der Waals surface area contributed by atoms with Gasteiger partial charge in [-0.15, -0.1) is 5.10 Å². The topological polar surface area (TPSA) is 60.5 Å². The van der Waals surface area contributed by atoms with E-state index in [1.807, 2.05) is 43.3 Å². The highest BCUT2D eigenvalue weighted by molar-refractivity contribution is 6.30. The number of halogens is 1. The molecule has 2 aromatic carbocycles. The fourth-order valence-corrected chi connectivity index (χ4v) is 2.11. The van der Waals surface area contributed by atoms with Gasteiger partial charge in [0.1, 0.15) is 5.75 Å². The summed E-state index contributed by atoms with van der Waals surface area (Å²) >= 11 is 5.84. The van der Waals surface area contributed by atoms with Gasteiger partial charge in [-0.1, -0.05) is 41.0 Å². The molecule has 1 aromatic heterocycles. The SMILES string of the molecule is CCOc1ccccc1-c1nnc(N=Cc2ccc(Cl)cc2)o1. The lowest BCUT2D eigenvalue weighted by molar-refractivity contribution is 0.340. The molecule has 6 heteroatoms. The van der Waals surface area contributed by atoms with Gasteiger partial charge >= 0.3 is 6.01 Å². The second-order valence-corrected chi connectivity index (χ2v) is 5.07. The predicted octanol–water partition coefficient (Wildman–Crippen LogP) is 4.54. The molecule has 3 rings (SSSR count). The van der Waals surface area contributed by atoms with Gasteiger partial charge in [0.2, 0.25) is 0 Å². The van der Waals surface area contributed by atoms with Crippen LogP contribution in [-0.2, 0) is 0 Å². The quantitative estimate of drug-likeness (QED) is 0.645. The molecule has 1 heterocycles. The summed E-state index contributed by atoms with van der Waals surface area (Å²) in [4.78, 5) is 4.18. The van der Waals surface area contributed by atoms with Crippen molar-refractivity contribution in [2.75, 3.05) is 6.61 Å². The second-order valence-electron chi connectivity index (χ2n) is 4.63. The van der Waals surface area contributed by atoms with Crippen molar-refractivity contribution in [2.24, 2.45) is 4.99 Å². The zero-order valence-electron chi connectivity index (χ0n) is 12.4. The molecule has 5 nitrogen and oxygen atoms in total. The van der Waals surface area contributed by atoms with Crippen molar-refractivity contribution < 1.29 is 9.15 Å². The summed E-state index contributed by atoms with van der Waals surface area (Å²) in [7, 11) is 0. The fourth-order valence-electron chi connectivity index (χ4n) is 1.98. The first-order valence-corrected chi connectivity index (χ1v) is 7.49. The Morgan fingerprint density at radius 2 is 1.91 bits per heavy atom. The highest BCUT2D eigenvalue weighted by atomic mass is 35.5. The molecular formula is C17H14ClN3O2. The molecule has 0 radical (unpaired) electrons. The predicted molar refractivity (Wildman–Crippen MR) is 89.6 cm³/mol. The first-order valence-electron chi connectivity index (χ1n) is 7.11. The van der Waals surface area contributed by atoms with E-state index in [2.05, 4.69) is 15.2 Å². The Balaban J connectivity index is 1.82. The molecule has 0 aliphatic heterocycles. The first-order chi connectivity index (χ1) is 11.3. The smallest absolute Gasteiger partial charge is 0.342 e. The molecule has 0 fully saturated rings. The second kappa shape index (κ2) is 7.07. The summed E-state index contributed by atoms with van der Waals surface area (Å²) < 4.78 is 11.1. The Labute approximate surface area is 138 Å². The van der Waals surface area contributed by atoms with Gasteiger partial charge in [0.25, 0.3) is 5.89 Å². The van der Waals surface area contributed by atoms with E-state index in [9.17, 15) is 0 Å². The molecule has 0 amide bonds. The molecule has 0 saturated heterocycles. The Kier molecular flexibility index (Phi) is 4.68. The van der Waals surface area contributed by atoms with Crippen molar-refractivity contribution >= 4 is 23.8 Å². The fraction of sp³-hybridized carbons (Fsp3) is 0.118. The van der Waals surface area contributed by atoms with Crippen LogP contribution in [0.15, 0.2) is 57.9 Å². The number of rotatable bonds is 5. The monoisotopic (exact) mass is 327 g/mol. The van der Waals surface area contributed by atoms with Crippen LogP contribution in [0.1, 0.15) is 12.5 Å². The van der Waals surface area contributed by atoms with Crippen LogP contribution in [0, 0.1) is 0 Å². The van der Waals surface area contributed by atoms with Gasteiger partial charge in [-0.2, -0.15) is 0 Å². The third kappa shape index (κ3) is 3.76. The standard InChI is InChI=1S/C17H14ClN3O2/c1-2-22-15-6-4-3-5-14(15)16-20-21-17(23-16)19-11-12-7-9-13(18)10-8-12/h3-11H,2H2,1H3. The molecule has 116 valence electrons. The van der Waals surface area contributed by atoms with Gasteiger partial charge in [0.05, 0.1) is 12.2 Å². The summed E-state index contributed by atoms with van der Waals surface area (Å²) in [5.74, 6) is 1.07. The summed E-state index contributed by atoms with van der Waals surface area (Å²) in [6, 6.07) is 15.0. The lowest BCUT2D eigenvalue weighted by Crippen LogP contribution is -1.93. The third-order valence-corrected chi connectivity index (χ3v) is 3.28. The summed E-state index contributed by atoms with van der Waals surface area (Å²) in [6.07, 6.45) is 1.64. The number of benzene rings is 2. The maximum absolute atomic E-state index is 5.84. The molecule has 0 bridgehead atoms. The number of aromatic nitrogens is 2. The largest absolute Gasteiger partial charge is 0.493 e.